The van der Waals surface area contributed by atoms with Gasteiger partial charge in [-0.05, 0) is 36.4 Å². The molecule has 0 saturated carbocycles. The van der Waals surface area contributed by atoms with Gasteiger partial charge in [0.25, 0.3) is 0 Å². The number of nitrogens with one attached hydrogen (secondary N) is 2. The van der Waals surface area contributed by atoms with Crippen molar-refractivity contribution >= 4 is 35.0 Å². The van der Waals surface area contributed by atoms with Gasteiger partial charge in [-0.1, -0.05) is 37.6 Å². The molecule has 0 bridgehead atoms. The van der Waals surface area contributed by atoms with Crippen molar-refractivity contribution in [3.63, 3.8) is 0 Å². The lowest BCUT2D eigenvalue weighted by Gasteiger charge is -2.09. The SMILES string of the molecule is CC(C)c1nc(-c2ccccc2NC(=O)CCSc2ccc(Cl)cc2)n[nH]1. The van der Waals surface area contributed by atoms with Crippen LogP contribution < -0.4 is 5.32 Å². The van der Waals surface area contributed by atoms with E-state index in [0.717, 1.165) is 16.3 Å². The van der Waals surface area contributed by atoms with Crippen LogP contribution in [-0.2, 0) is 4.79 Å². The third-order valence-electron chi connectivity index (χ3n) is 3.90. The van der Waals surface area contributed by atoms with Crippen molar-refractivity contribution in [2.75, 3.05) is 11.1 Å². The summed E-state index contributed by atoms with van der Waals surface area (Å²) < 4.78 is 0. The molecule has 0 aliphatic carbocycles. The molecule has 1 amide bonds. The van der Waals surface area contributed by atoms with E-state index in [1.54, 1.807) is 11.8 Å². The summed E-state index contributed by atoms with van der Waals surface area (Å²) in [5.41, 5.74) is 1.52. The Balaban J connectivity index is 1.61. The van der Waals surface area contributed by atoms with E-state index in [1.165, 1.54) is 0 Å². The van der Waals surface area contributed by atoms with E-state index in [2.05, 4.69) is 34.3 Å². The van der Waals surface area contributed by atoms with Crippen molar-refractivity contribution < 1.29 is 4.79 Å². The number of thioether (sulfide) groups is 1. The lowest BCUT2D eigenvalue weighted by Crippen LogP contribution is -2.13. The summed E-state index contributed by atoms with van der Waals surface area (Å²) in [4.78, 5) is 18.0. The number of hydrogen-bond acceptors (Lipinski definition) is 4. The molecule has 27 heavy (non-hydrogen) atoms. The van der Waals surface area contributed by atoms with E-state index in [-0.39, 0.29) is 11.8 Å². The Labute approximate surface area is 167 Å². The van der Waals surface area contributed by atoms with Crippen molar-refractivity contribution in [1.29, 1.82) is 0 Å². The Kier molecular flexibility index (Phi) is 6.53. The number of carbonyl (C=O) groups excluding carboxylic acids is 1. The molecule has 0 fully saturated rings. The fourth-order valence-corrected chi connectivity index (χ4v) is 3.42. The van der Waals surface area contributed by atoms with Crippen LogP contribution in [0.2, 0.25) is 5.02 Å². The van der Waals surface area contributed by atoms with Crippen molar-refractivity contribution in [3.8, 4) is 11.4 Å². The number of rotatable bonds is 7. The second-order valence-electron chi connectivity index (χ2n) is 6.35. The van der Waals surface area contributed by atoms with Crippen LogP contribution in [0.4, 0.5) is 5.69 Å². The zero-order valence-electron chi connectivity index (χ0n) is 15.2. The lowest BCUT2D eigenvalue weighted by molar-refractivity contribution is -0.115. The van der Waals surface area contributed by atoms with Gasteiger partial charge in [0, 0.05) is 33.6 Å². The topological polar surface area (TPSA) is 70.7 Å². The van der Waals surface area contributed by atoms with Gasteiger partial charge in [-0.2, -0.15) is 5.10 Å². The first kappa shape index (κ1) is 19.5. The molecule has 5 nitrogen and oxygen atoms in total. The van der Waals surface area contributed by atoms with E-state index in [9.17, 15) is 4.79 Å². The zero-order valence-corrected chi connectivity index (χ0v) is 16.8. The van der Waals surface area contributed by atoms with Gasteiger partial charge in [0.15, 0.2) is 5.82 Å². The summed E-state index contributed by atoms with van der Waals surface area (Å²) in [6, 6.07) is 15.2. The molecule has 0 radical (unpaired) electrons. The first-order chi connectivity index (χ1) is 13.0. The fraction of sp³-hybridized carbons (Fsp3) is 0.250. The van der Waals surface area contributed by atoms with Gasteiger partial charge in [-0.25, -0.2) is 4.98 Å². The molecule has 1 aromatic heterocycles. The minimum Gasteiger partial charge on any atom is -0.325 e. The molecule has 2 aromatic carbocycles. The van der Waals surface area contributed by atoms with Crippen LogP contribution in [0.1, 0.15) is 32.0 Å². The van der Waals surface area contributed by atoms with Crippen LogP contribution in [0.5, 0.6) is 0 Å². The van der Waals surface area contributed by atoms with Crippen LogP contribution >= 0.6 is 23.4 Å². The maximum atomic E-state index is 12.4. The number of halogens is 1. The number of aromatic nitrogens is 3. The summed E-state index contributed by atoms with van der Waals surface area (Å²) in [6.07, 6.45) is 0.410. The highest BCUT2D eigenvalue weighted by Gasteiger charge is 2.13. The number of amides is 1. The number of anilines is 1. The summed E-state index contributed by atoms with van der Waals surface area (Å²) >= 11 is 7.51. The minimum atomic E-state index is -0.0384. The molecule has 0 aliphatic rings. The highest BCUT2D eigenvalue weighted by atomic mass is 35.5. The molecule has 0 spiro atoms. The second-order valence-corrected chi connectivity index (χ2v) is 7.95. The number of H-pyrrole nitrogens is 1. The maximum absolute atomic E-state index is 12.4. The molecular formula is C20H21ClN4OS. The normalized spacial score (nSPS) is 11.0. The quantitative estimate of drug-likeness (QED) is 0.523. The summed E-state index contributed by atoms with van der Waals surface area (Å²) in [7, 11) is 0. The predicted molar refractivity (Wildman–Crippen MR) is 111 cm³/mol. The van der Waals surface area contributed by atoms with Gasteiger partial charge >= 0.3 is 0 Å². The van der Waals surface area contributed by atoms with Gasteiger partial charge in [0.2, 0.25) is 5.91 Å². The van der Waals surface area contributed by atoms with E-state index < -0.39 is 0 Å². The second kappa shape index (κ2) is 9.06. The van der Waals surface area contributed by atoms with Crippen molar-refractivity contribution in [3.05, 3.63) is 59.4 Å². The molecule has 140 valence electrons. The summed E-state index contributed by atoms with van der Waals surface area (Å²) in [5.74, 6) is 2.32. The Morgan fingerprint density at radius 2 is 1.93 bits per heavy atom. The number of benzene rings is 2. The van der Waals surface area contributed by atoms with Gasteiger partial charge in [0.05, 0.1) is 5.69 Å². The Morgan fingerprint density at radius 1 is 1.19 bits per heavy atom. The van der Waals surface area contributed by atoms with Gasteiger partial charge < -0.3 is 5.32 Å². The van der Waals surface area contributed by atoms with Gasteiger partial charge in [0.1, 0.15) is 5.82 Å². The summed E-state index contributed by atoms with van der Waals surface area (Å²) in [5, 5.41) is 10.9. The smallest absolute Gasteiger partial charge is 0.225 e. The minimum absolute atomic E-state index is 0.0384. The average Bonchev–Trinajstić information content (AvgIpc) is 3.14. The molecule has 0 saturated heterocycles. The third kappa shape index (κ3) is 5.34. The summed E-state index contributed by atoms with van der Waals surface area (Å²) in [6.45, 7) is 4.10. The lowest BCUT2D eigenvalue weighted by atomic mass is 10.1. The van der Waals surface area contributed by atoms with Crippen molar-refractivity contribution in [1.82, 2.24) is 15.2 Å². The van der Waals surface area contributed by atoms with Gasteiger partial charge in [-0.15, -0.1) is 11.8 Å². The Hall–Kier alpha value is -2.31. The fourth-order valence-electron chi connectivity index (χ4n) is 2.45. The number of aromatic amines is 1. The molecule has 3 rings (SSSR count). The van der Waals surface area contributed by atoms with Crippen molar-refractivity contribution in [2.24, 2.45) is 0 Å². The number of carbonyl (C=O) groups is 1. The molecule has 0 atom stereocenters. The predicted octanol–water partition coefficient (Wildman–Crippen LogP) is 5.37. The molecular weight excluding hydrogens is 380 g/mol. The Morgan fingerprint density at radius 3 is 2.63 bits per heavy atom. The van der Waals surface area contributed by atoms with Gasteiger partial charge in [-0.3, -0.25) is 9.89 Å². The first-order valence-electron chi connectivity index (χ1n) is 8.73. The largest absolute Gasteiger partial charge is 0.325 e. The maximum Gasteiger partial charge on any atom is 0.225 e. The third-order valence-corrected chi connectivity index (χ3v) is 5.17. The zero-order chi connectivity index (χ0) is 19.2. The molecule has 0 unspecified atom stereocenters. The van der Waals surface area contributed by atoms with Crippen LogP contribution in [0.3, 0.4) is 0 Å². The van der Waals surface area contributed by atoms with E-state index in [1.807, 2.05) is 48.5 Å². The first-order valence-corrected chi connectivity index (χ1v) is 10.1. The van der Waals surface area contributed by atoms with E-state index in [0.29, 0.717) is 28.7 Å². The highest BCUT2D eigenvalue weighted by molar-refractivity contribution is 7.99. The molecule has 7 heteroatoms. The van der Waals surface area contributed by atoms with Crippen LogP contribution in [-0.4, -0.2) is 26.8 Å². The molecule has 3 aromatic rings. The molecule has 1 heterocycles. The monoisotopic (exact) mass is 400 g/mol. The van der Waals surface area contributed by atoms with E-state index >= 15 is 0 Å². The van der Waals surface area contributed by atoms with Crippen LogP contribution in [0, 0.1) is 0 Å². The standard InChI is InChI=1S/C20H21ClN4OS/c1-13(2)19-23-20(25-24-19)16-5-3-4-6-17(16)22-18(26)11-12-27-15-9-7-14(21)8-10-15/h3-10,13H,11-12H2,1-2H3,(H,22,26)(H,23,24,25). The molecule has 2 N–H and O–H groups in total. The average molecular weight is 401 g/mol. The number of hydrogen-bond donors (Lipinski definition) is 2. The Bertz CT molecular complexity index is 908. The van der Waals surface area contributed by atoms with Crippen LogP contribution in [0.25, 0.3) is 11.4 Å². The van der Waals surface area contributed by atoms with E-state index in [4.69, 9.17) is 11.6 Å². The van der Waals surface area contributed by atoms with Crippen LogP contribution in [0.15, 0.2) is 53.4 Å². The number of nitrogens with zero attached hydrogens (tertiary/aromatic N) is 2. The highest BCUT2D eigenvalue weighted by Crippen LogP contribution is 2.26. The van der Waals surface area contributed by atoms with Crippen molar-refractivity contribution in [2.45, 2.75) is 31.1 Å². The molecule has 0 aliphatic heterocycles. The number of para-hydroxylation sites is 1.